The number of sulfonamides is 1. The molecule has 0 aromatic carbocycles. The number of amides is 1. The first kappa shape index (κ1) is 5.55. The number of hydrogen-bond donors (Lipinski definition) is 1. The van der Waals surface area contributed by atoms with Crippen molar-refractivity contribution < 1.29 is 13.2 Å². The van der Waals surface area contributed by atoms with Gasteiger partial charge in [0.15, 0.2) is 0 Å². The summed E-state index contributed by atoms with van der Waals surface area (Å²) in [5.74, 6) is 0.500. The highest BCUT2D eigenvalue weighted by Crippen LogP contribution is 2.04. The second kappa shape index (κ2) is 1.45. The van der Waals surface area contributed by atoms with Crippen LogP contribution in [0.4, 0.5) is 0 Å². The van der Waals surface area contributed by atoms with Crippen molar-refractivity contribution in [3.63, 3.8) is 0 Å². The normalized spacial score (nSPS) is 25.2. The quantitative estimate of drug-likeness (QED) is 0.462. The molecule has 4 nitrogen and oxygen atoms in total. The maximum absolute atomic E-state index is 10.3. The van der Waals surface area contributed by atoms with Gasteiger partial charge in [0.05, 0.1) is 0 Å². The predicted octanol–water partition coefficient (Wildman–Crippen LogP) is -1.00. The van der Waals surface area contributed by atoms with Crippen molar-refractivity contribution in [2.75, 3.05) is 0 Å². The Morgan fingerprint density at radius 3 is 2.38 bits per heavy atom. The highest BCUT2D eigenvalue weighted by Gasteiger charge is 2.23. The third-order valence-corrected chi connectivity index (χ3v) is 1.86. The van der Waals surface area contributed by atoms with Crippen LogP contribution in [0.3, 0.4) is 0 Å². The largest absolute Gasteiger partial charge is 0.274 e. The fourth-order valence-electron chi connectivity index (χ4n) is 0.427. The summed E-state index contributed by atoms with van der Waals surface area (Å²) in [5, 5.41) is 0. The number of hydrogen-bond acceptors (Lipinski definition) is 3. The summed E-state index contributed by atoms with van der Waals surface area (Å²) < 4.78 is 22.3. The van der Waals surface area contributed by atoms with Crippen LogP contribution in [0.2, 0.25) is 0 Å². The molecule has 0 bridgehead atoms. The molecule has 1 aliphatic rings. The maximum atomic E-state index is 10.3. The molecule has 8 heavy (non-hydrogen) atoms. The van der Waals surface area contributed by atoms with Gasteiger partial charge in [0.25, 0.3) is 0 Å². The Balaban J connectivity index is 2.86. The van der Waals surface area contributed by atoms with Crippen LogP contribution < -0.4 is 4.72 Å². The molecule has 1 radical (unpaired) electrons. The van der Waals surface area contributed by atoms with Gasteiger partial charge in [-0.15, -0.1) is 0 Å². The van der Waals surface area contributed by atoms with Gasteiger partial charge in [-0.2, -0.15) is 0 Å². The van der Waals surface area contributed by atoms with Crippen molar-refractivity contribution in [2.24, 2.45) is 0 Å². The van der Waals surface area contributed by atoms with Crippen LogP contribution in [-0.2, 0) is 14.8 Å². The Bertz CT molecular complexity index is 205. The monoisotopic (exact) mass is 134 g/mol. The highest BCUT2D eigenvalue weighted by molar-refractivity contribution is 7.92. The summed E-state index contributed by atoms with van der Waals surface area (Å²) in [6.45, 7) is 0. The van der Waals surface area contributed by atoms with Crippen LogP contribution in [-0.4, -0.2) is 14.3 Å². The van der Waals surface area contributed by atoms with Gasteiger partial charge in [-0.25, -0.2) is 8.42 Å². The van der Waals surface area contributed by atoms with Crippen LogP contribution in [0.5, 0.6) is 0 Å². The van der Waals surface area contributed by atoms with E-state index in [0.29, 0.717) is 0 Å². The van der Waals surface area contributed by atoms with Gasteiger partial charge in [-0.3, -0.25) is 9.52 Å². The predicted molar refractivity (Wildman–Crippen MR) is 26.0 cm³/mol. The third kappa shape index (κ3) is 0.975. The lowest BCUT2D eigenvalue weighted by Crippen LogP contribution is -2.19. The first-order valence-corrected chi connectivity index (χ1v) is 3.54. The van der Waals surface area contributed by atoms with Crippen molar-refractivity contribution >= 4 is 15.9 Å². The molecule has 0 aliphatic carbocycles. The van der Waals surface area contributed by atoms with Crippen LogP contribution in [0.1, 0.15) is 6.42 Å². The van der Waals surface area contributed by atoms with Gasteiger partial charge in [0.1, 0.15) is 5.75 Å². The zero-order valence-electron chi connectivity index (χ0n) is 3.92. The van der Waals surface area contributed by atoms with Gasteiger partial charge in [0, 0.05) is 6.42 Å². The molecule has 0 unspecified atom stereocenters. The number of rotatable bonds is 0. The van der Waals surface area contributed by atoms with E-state index in [1.807, 2.05) is 0 Å². The number of carbonyl (C=O) groups is 1. The summed E-state index contributed by atoms with van der Waals surface area (Å²) in [5.41, 5.74) is 0. The van der Waals surface area contributed by atoms with Crippen LogP contribution >= 0.6 is 0 Å². The van der Waals surface area contributed by atoms with E-state index in [9.17, 15) is 13.2 Å². The lowest BCUT2D eigenvalue weighted by molar-refractivity contribution is -0.118. The van der Waals surface area contributed by atoms with E-state index in [1.54, 1.807) is 4.72 Å². The zero-order chi connectivity index (χ0) is 6.20. The lowest BCUT2D eigenvalue weighted by atomic mass is 10.5. The Kier molecular flexibility index (Phi) is 1.00. The van der Waals surface area contributed by atoms with Crippen LogP contribution in [0.15, 0.2) is 0 Å². The van der Waals surface area contributed by atoms with E-state index in [4.69, 9.17) is 0 Å². The topological polar surface area (TPSA) is 63.2 Å². The minimum absolute atomic E-state index is 0.0116. The molecular formula is C3H4NO3S. The van der Waals surface area contributed by atoms with Gasteiger partial charge in [-0.1, -0.05) is 0 Å². The summed E-state index contributed by atoms with van der Waals surface area (Å²) in [6, 6.07) is 0. The highest BCUT2D eigenvalue weighted by atomic mass is 32.2. The summed E-state index contributed by atoms with van der Waals surface area (Å²) in [7, 11) is -3.32. The zero-order valence-corrected chi connectivity index (χ0v) is 4.73. The molecule has 1 amide bonds. The molecule has 1 saturated heterocycles. The van der Waals surface area contributed by atoms with Crippen molar-refractivity contribution in [1.82, 2.24) is 4.72 Å². The fraction of sp³-hybridized carbons (Fsp3) is 0.333. The standard InChI is InChI=1S/C3H4NO3S/c5-3-1-2-8(6,7)4-3/h2H,1H2,(H,4,5). The molecule has 0 aromatic heterocycles. The lowest BCUT2D eigenvalue weighted by Gasteiger charge is -1.85. The van der Waals surface area contributed by atoms with Crippen molar-refractivity contribution in [3.8, 4) is 0 Å². The molecular weight excluding hydrogens is 130 g/mol. The molecule has 1 fully saturated rings. The van der Waals surface area contributed by atoms with Crippen LogP contribution in [0, 0.1) is 5.75 Å². The summed E-state index contributed by atoms with van der Waals surface area (Å²) in [4.78, 5) is 10.1. The fourth-order valence-corrected chi connectivity index (χ4v) is 1.28. The smallest absolute Gasteiger partial charge is 0.239 e. The SMILES string of the molecule is O=C1C[CH]S(=O)(=O)N1. The maximum Gasteiger partial charge on any atom is 0.239 e. The minimum Gasteiger partial charge on any atom is -0.274 e. The van der Waals surface area contributed by atoms with Gasteiger partial charge in [0.2, 0.25) is 15.9 Å². The van der Waals surface area contributed by atoms with Gasteiger partial charge < -0.3 is 0 Å². The first-order chi connectivity index (χ1) is 3.60. The number of nitrogens with one attached hydrogen (secondary N) is 1. The molecule has 45 valence electrons. The average Bonchev–Trinajstić information content (AvgIpc) is 1.82. The van der Waals surface area contributed by atoms with E-state index in [1.165, 1.54) is 0 Å². The van der Waals surface area contributed by atoms with E-state index >= 15 is 0 Å². The Labute approximate surface area is 46.9 Å². The van der Waals surface area contributed by atoms with Crippen LogP contribution in [0.25, 0.3) is 0 Å². The molecule has 0 atom stereocenters. The van der Waals surface area contributed by atoms with E-state index in [0.717, 1.165) is 5.75 Å². The average molecular weight is 134 g/mol. The van der Waals surface area contributed by atoms with Crippen molar-refractivity contribution in [1.29, 1.82) is 0 Å². The van der Waals surface area contributed by atoms with E-state index in [2.05, 4.69) is 0 Å². The Morgan fingerprint density at radius 1 is 1.62 bits per heavy atom. The van der Waals surface area contributed by atoms with Crippen molar-refractivity contribution in [3.05, 3.63) is 5.75 Å². The Morgan fingerprint density at radius 2 is 2.25 bits per heavy atom. The van der Waals surface area contributed by atoms with E-state index < -0.39 is 15.9 Å². The molecule has 0 saturated carbocycles. The second-order valence-electron chi connectivity index (χ2n) is 1.44. The summed E-state index contributed by atoms with van der Waals surface area (Å²) in [6.07, 6.45) is -0.0116. The molecule has 1 aliphatic heterocycles. The molecule has 0 spiro atoms. The molecule has 1 rings (SSSR count). The summed E-state index contributed by atoms with van der Waals surface area (Å²) >= 11 is 0. The molecule has 5 heteroatoms. The third-order valence-electron chi connectivity index (χ3n) is 0.744. The molecule has 0 aromatic rings. The number of carbonyl (C=O) groups excluding carboxylic acids is 1. The molecule has 1 heterocycles. The minimum atomic E-state index is -3.32. The van der Waals surface area contributed by atoms with E-state index in [-0.39, 0.29) is 6.42 Å². The first-order valence-electron chi connectivity index (χ1n) is 1.99. The Hall–Kier alpha value is -0.580. The molecule has 1 N–H and O–H groups in total. The van der Waals surface area contributed by atoms with Gasteiger partial charge in [-0.05, 0) is 0 Å². The van der Waals surface area contributed by atoms with Gasteiger partial charge >= 0.3 is 0 Å². The second-order valence-corrected chi connectivity index (χ2v) is 3.07. The van der Waals surface area contributed by atoms with Crippen molar-refractivity contribution in [2.45, 2.75) is 6.42 Å².